The Hall–Kier alpha value is -0.930. The number of nitrogens with one attached hydrogen (secondary N) is 1. The van der Waals surface area contributed by atoms with Crippen LogP contribution in [0.1, 0.15) is 31.2 Å². The van der Waals surface area contributed by atoms with Gasteiger partial charge in [-0.25, -0.2) is 0 Å². The first-order valence-electron chi connectivity index (χ1n) is 6.05. The Morgan fingerprint density at radius 1 is 1.44 bits per heavy atom. The Kier molecular flexibility index (Phi) is 3.91. The molecule has 1 aromatic rings. The Morgan fingerprint density at radius 3 is 2.88 bits per heavy atom. The molecule has 0 unspecified atom stereocenters. The maximum atomic E-state index is 9.05. The number of aromatic nitrogens is 1. The lowest BCUT2D eigenvalue weighted by molar-refractivity contribution is 0.0859. The van der Waals surface area contributed by atoms with Crippen LogP contribution < -0.4 is 5.32 Å². The highest BCUT2D eigenvalue weighted by molar-refractivity contribution is 5.08. The van der Waals surface area contributed by atoms with Gasteiger partial charge in [-0.2, -0.15) is 0 Å². The molecule has 1 heterocycles. The van der Waals surface area contributed by atoms with E-state index in [-0.39, 0.29) is 0 Å². The van der Waals surface area contributed by atoms with Crippen molar-refractivity contribution in [1.29, 1.82) is 0 Å². The first-order chi connectivity index (χ1) is 7.85. The van der Waals surface area contributed by atoms with Gasteiger partial charge in [-0.1, -0.05) is 12.5 Å². The molecule has 16 heavy (non-hydrogen) atoms. The summed E-state index contributed by atoms with van der Waals surface area (Å²) in [4.78, 5) is 4.09. The smallest absolute Gasteiger partial charge is 0.0436 e. The van der Waals surface area contributed by atoms with E-state index < -0.39 is 0 Å². The third kappa shape index (κ3) is 2.80. The van der Waals surface area contributed by atoms with E-state index in [4.69, 9.17) is 5.11 Å². The molecule has 88 valence electrons. The van der Waals surface area contributed by atoms with Crippen molar-refractivity contribution in [3.63, 3.8) is 0 Å². The highest BCUT2D eigenvalue weighted by Crippen LogP contribution is 2.43. The SMILES string of the molecule is OCCC1(CNCc2cccnc2)CCC1. The molecule has 0 spiro atoms. The minimum absolute atomic E-state index is 0.314. The third-order valence-electron chi connectivity index (χ3n) is 3.61. The van der Waals surface area contributed by atoms with Gasteiger partial charge in [-0.3, -0.25) is 4.98 Å². The summed E-state index contributed by atoms with van der Waals surface area (Å²) in [5, 5.41) is 12.5. The molecule has 1 fully saturated rings. The van der Waals surface area contributed by atoms with E-state index in [0.717, 1.165) is 19.5 Å². The monoisotopic (exact) mass is 220 g/mol. The molecular weight excluding hydrogens is 200 g/mol. The summed E-state index contributed by atoms with van der Waals surface area (Å²) in [5.41, 5.74) is 1.60. The number of aliphatic hydroxyl groups is 1. The fourth-order valence-corrected chi connectivity index (χ4v) is 2.40. The largest absolute Gasteiger partial charge is 0.396 e. The van der Waals surface area contributed by atoms with Crippen LogP contribution >= 0.6 is 0 Å². The molecule has 0 bridgehead atoms. The third-order valence-corrected chi connectivity index (χ3v) is 3.61. The Labute approximate surface area is 96.9 Å². The topological polar surface area (TPSA) is 45.1 Å². The van der Waals surface area contributed by atoms with Crippen molar-refractivity contribution < 1.29 is 5.11 Å². The molecule has 0 aromatic carbocycles. The number of hydrogen-bond donors (Lipinski definition) is 2. The molecule has 3 nitrogen and oxygen atoms in total. The molecule has 3 heteroatoms. The second-order valence-electron chi connectivity index (χ2n) is 4.79. The van der Waals surface area contributed by atoms with E-state index in [1.165, 1.54) is 24.8 Å². The van der Waals surface area contributed by atoms with Crippen LogP contribution in [0.15, 0.2) is 24.5 Å². The molecule has 0 aliphatic heterocycles. The standard InChI is InChI=1S/C13H20N2O/c16-8-6-13(4-2-5-13)11-15-10-12-3-1-7-14-9-12/h1,3,7,9,15-16H,2,4-6,8,10-11H2. The van der Waals surface area contributed by atoms with Crippen LogP contribution in [0.5, 0.6) is 0 Å². The van der Waals surface area contributed by atoms with Gasteiger partial charge in [0.1, 0.15) is 0 Å². The second-order valence-corrected chi connectivity index (χ2v) is 4.79. The highest BCUT2D eigenvalue weighted by Gasteiger charge is 2.35. The molecule has 0 atom stereocenters. The number of rotatable bonds is 6. The summed E-state index contributed by atoms with van der Waals surface area (Å²) in [7, 11) is 0. The van der Waals surface area contributed by atoms with E-state index in [0.29, 0.717) is 12.0 Å². The van der Waals surface area contributed by atoms with E-state index in [1.807, 2.05) is 12.3 Å². The second kappa shape index (κ2) is 5.41. The lowest BCUT2D eigenvalue weighted by atomic mass is 9.67. The average molecular weight is 220 g/mol. The van der Waals surface area contributed by atoms with Crippen LogP contribution in [-0.2, 0) is 6.54 Å². The zero-order valence-corrected chi connectivity index (χ0v) is 9.65. The van der Waals surface area contributed by atoms with Gasteiger partial charge >= 0.3 is 0 Å². The molecule has 1 aliphatic carbocycles. The van der Waals surface area contributed by atoms with Crippen molar-refractivity contribution in [1.82, 2.24) is 10.3 Å². The molecule has 0 saturated heterocycles. The van der Waals surface area contributed by atoms with Crippen molar-refractivity contribution in [2.24, 2.45) is 5.41 Å². The van der Waals surface area contributed by atoms with Crippen LogP contribution in [0.3, 0.4) is 0 Å². The zero-order chi connectivity index (χ0) is 11.3. The van der Waals surface area contributed by atoms with E-state index in [1.54, 1.807) is 6.20 Å². The molecule has 0 radical (unpaired) electrons. The van der Waals surface area contributed by atoms with E-state index in [9.17, 15) is 0 Å². The van der Waals surface area contributed by atoms with Gasteiger partial charge in [0.2, 0.25) is 0 Å². The lowest BCUT2D eigenvalue weighted by Gasteiger charge is -2.42. The van der Waals surface area contributed by atoms with Gasteiger partial charge in [0.25, 0.3) is 0 Å². The van der Waals surface area contributed by atoms with Crippen molar-refractivity contribution in [3.8, 4) is 0 Å². The molecule has 1 saturated carbocycles. The number of aliphatic hydroxyl groups excluding tert-OH is 1. The summed E-state index contributed by atoms with van der Waals surface area (Å²) in [6.07, 6.45) is 8.46. The van der Waals surface area contributed by atoms with E-state index >= 15 is 0 Å². The molecule has 1 aliphatic rings. The normalized spacial score (nSPS) is 18.1. The van der Waals surface area contributed by atoms with Crippen LogP contribution in [-0.4, -0.2) is 23.2 Å². The van der Waals surface area contributed by atoms with Gasteiger partial charge in [-0.15, -0.1) is 0 Å². The Balaban J connectivity index is 1.75. The Bertz CT molecular complexity index is 309. The minimum atomic E-state index is 0.314. The molecule has 0 amide bonds. The van der Waals surface area contributed by atoms with Crippen LogP contribution in [0, 0.1) is 5.41 Å². The van der Waals surface area contributed by atoms with Gasteiger partial charge in [0.15, 0.2) is 0 Å². The van der Waals surface area contributed by atoms with Crippen molar-refractivity contribution >= 4 is 0 Å². The average Bonchev–Trinajstić information content (AvgIpc) is 2.27. The molecule has 2 N–H and O–H groups in total. The summed E-state index contributed by atoms with van der Waals surface area (Å²) < 4.78 is 0. The summed E-state index contributed by atoms with van der Waals surface area (Å²) in [6.45, 7) is 2.21. The van der Waals surface area contributed by atoms with Crippen LogP contribution in [0.4, 0.5) is 0 Å². The predicted molar refractivity (Wildman–Crippen MR) is 63.9 cm³/mol. The van der Waals surface area contributed by atoms with Gasteiger partial charge in [-0.05, 0) is 36.3 Å². The first kappa shape index (κ1) is 11.6. The van der Waals surface area contributed by atoms with Crippen LogP contribution in [0.25, 0.3) is 0 Å². The fourth-order valence-electron chi connectivity index (χ4n) is 2.40. The number of nitrogens with zero attached hydrogens (tertiary/aromatic N) is 1. The van der Waals surface area contributed by atoms with Crippen molar-refractivity contribution in [3.05, 3.63) is 30.1 Å². The summed E-state index contributed by atoms with van der Waals surface area (Å²) >= 11 is 0. The summed E-state index contributed by atoms with van der Waals surface area (Å²) in [6, 6.07) is 4.04. The Morgan fingerprint density at radius 2 is 2.31 bits per heavy atom. The van der Waals surface area contributed by atoms with E-state index in [2.05, 4.69) is 16.4 Å². The summed E-state index contributed by atoms with van der Waals surface area (Å²) in [5.74, 6) is 0. The highest BCUT2D eigenvalue weighted by atomic mass is 16.3. The fraction of sp³-hybridized carbons (Fsp3) is 0.615. The van der Waals surface area contributed by atoms with Crippen molar-refractivity contribution in [2.75, 3.05) is 13.2 Å². The van der Waals surface area contributed by atoms with Crippen LogP contribution in [0.2, 0.25) is 0 Å². The maximum absolute atomic E-state index is 9.05. The van der Waals surface area contributed by atoms with Crippen molar-refractivity contribution in [2.45, 2.75) is 32.2 Å². The maximum Gasteiger partial charge on any atom is 0.0436 e. The van der Waals surface area contributed by atoms with Gasteiger partial charge < -0.3 is 10.4 Å². The first-order valence-corrected chi connectivity index (χ1v) is 6.05. The lowest BCUT2D eigenvalue weighted by Crippen LogP contribution is -2.40. The number of hydrogen-bond acceptors (Lipinski definition) is 3. The zero-order valence-electron chi connectivity index (χ0n) is 9.65. The van der Waals surface area contributed by atoms with Gasteiger partial charge in [0.05, 0.1) is 0 Å². The molecule has 1 aromatic heterocycles. The minimum Gasteiger partial charge on any atom is -0.396 e. The predicted octanol–water partition coefficient (Wildman–Crippen LogP) is 1.72. The molecule has 2 rings (SSSR count). The quantitative estimate of drug-likeness (QED) is 0.767. The van der Waals surface area contributed by atoms with Gasteiger partial charge in [0, 0.05) is 32.1 Å². The molecular formula is C13H20N2O. The number of pyridine rings is 1.